The van der Waals surface area contributed by atoms with Crippen molar-refractivity contribution >= 4 is 11.6 Å². The molecule has 0 radical (unpaired) electrons. The molecule has 0 aliphatic carbocycles. The highest BCUT2D eigenvalue weighted by Gasteiger charge is 2.23. The molecule has 1 unspecified atom stereocenters. The fraction of sp³-hybridized carbons (Fsp3) is 0.708. The second kappa shape index (κ2) is 11.6. The van der Waals surface area contributed by atoms with E-state index < -0.39 is 0 Å². The highest BCUT2D eigenvalue weighted by atomic mass is 16.5. The third-order valence-electron chi connectivity index (χ3n) is 6.11. The Labute approximate surface area is 182 Å². The average Bonchev–Trinajstić information content (AvgIpc) is 2.77. The molecular weight excluding hydrogens is 376 g/mol. The molecule has 1 atom stereocenters. The topological polar surface area (TPSA) is 49.3 Å². The molecular formula is C24H40N4O2. The number of likely N-dealkylation sites (tertiary alicyclic amines) is 1. The minimum atomic E-state index is 0.304. The van der Waals surface area contributed by atoms with Crippen LogP contribution in [0.25, 0.3) is 0 Å². The number of aryl methyl sites for hydroxylation is 1. The standard InChI is InChI=1S/C24H40N4O2/c1-5-25-24(26-17-20-9-10-21(27(3)4)16-19(20)2)28-13-11-22(12-14-28)30-18-23-8-6-7-15-29-23/h9-10,16,22-23H,5-8,11-15,17-18H2,1-4H3,(H,25,26). The minimum Gasteiger partial charge on any atom is -0.378 e. The minimum absolute atomic E-state index is 0.304. The number of piperidine rings is 1. The number of guanidine groups is 1. The van der Waals surface area contributed by atoms with Crippen molar-refractivity contribution in [1.29, 1.82) is 0 Å². The SMILES string of the molecule is CCNC(=NCc1ccc(N(C)C)cc1C)N1CCC(OCC2CCCCO2)CC1. The number of hydrogen-bond acceptors (Lipinski definition) is 4. The molecule has 0 spiro atoms. The van der Waals surface area contributed by atoms with Crippen LogP contribution < -0.4 is 10.2 Å². The van der Waals surface area contributed by atoms with Gasteiger partial charge in [0.25, 0.3) is 0 Å². The van der Waals surface area contributed by atoms with E-state index in [2.05, 4.69) is 61.3 Å². The van der Waals surface area contributed by atoms with Crippen molar-refractivity contribution in [3.05, 3.63) is 29.3 Å². The van der Waals surface area contributed by atoms with Crippen LogP contribution >= 0.6 is 0 Å². The summed E-state index contributed by atoms with van der Waals surface area (Å²) in [5.41, 5.74) is 3.80. The van der Waals surface area contributed by atoms with Gasteiger partial charge in [0.15, 0.2) is 5.96 Å². The summed E-state index contributed by atoms with van der Waals surface area (Å²) in [4.78, 5) is 9.46. The van der Waals surface area contributed by atoms with E-state index in [1.165, 1.54) is 29.7 Å². The van der Waals surface area contributed by atoms with E-state index >= 15 is 0 Å². The zero-order valence-corrected chi connectivity index (χ0v) is 19.3. The molecule has 0 saturated carbocycles. The molecule has 2 aliphatic rings. The molecule has 30 heavy (non-hydrogen) atoms. The summed E-state index contributed by atoms with van der Waals surface area (Å²) in [5, 5.41) is 3.48. The molecule has 2 aliphatic heterocycles. The van der Waals surface area contributed by atoms with Crippen LogP contribution in [0, 0.1) is 6.92 Å². The van der Waals surface area contributed by atoms with Crippen molar-refractivity contribution in [2.24, 2.45) is 4.99 Å². The van der Waals surface area contributed by atoms with E-state index in [1.54, 1.807) is 0 Å². The fourth-order valence-electron chi connectivity index (χ4n) is 4.14. The molecule has 1 aromatic rings. The number of aliphatic imine (C=N–C) groups is 1. The number of benzene rings is 1. The van der Waals surface area contributed by atoms with Crippen molar-refractivity contribution in [2.45, 2.75) is 64.7 Å². The van der Waals surface area contributed by atoms with Crippen LogP contribution in [-0.4, -0.2) is 70.0 Å². The van der Waals surface area contributed by atoms with Gasteiger partial charge in [-0.15, -0.1) is 0 Å². The van der Waals surface area contributed by atoms with E-state index in [-0.39, 0.29) is 0 Å². The van der Waals surface area contributed by atoms with Gasteiger partial charge in [0, 0.05) is 46.0 Å². The summed E-state index contributed by atoms with van der Waals surface area (Å²) in [6.45, 7) is 9.51. The Kier molecular flexibility index (Phi) is 8.82. The predicted octanol–water partition coefficient (Wildman–Crippen LogP) is 3.58. The lowest BCUT2D eigenvalue weighted by Gasteiger charge is -2.35. The molecule has 0 bridgehead atoms. The maximum atomic E-state index is 6.17. The lowest BCUT2D eigenvalue weighted by Crippen LogP contribution is -2.47. The van der Waals surface area contributed by atoms with Crippen molar-refractivity contribution in [1.82, 2.24) is 10.2 Å². The summed E-state index contributed by atoms with van der Waals surface area (Å²) in [5.74, 6) is 1.02. The van der Waals surface area contributed by atoms with E-state index in [0.29, 0.717) is 18.8 Å². The molecule has 6 nitrogen and oxygen atoms in total. The van der Waals surface area contributed by atoms with Gasteiger partial charge in [-0.05, 0) is 69.2 Å². The monoisotopic (exact) mass is 416 g/mol. The maximum Gasteiger partial charge on any atom is 0.194 e. The Bertz CT molecular complexity index is 678. The maximum absolute atomic E-state index is 6.17. The van der Waals surface area contributed by atoms with Gasteiger partial charge >= 0.3 is 0 Å². The average molecular weight is 417 g/mol. The Morgan fingerprint density at radius 2 is 2.03 bits per heavy atom. The molecule has 3 rings (SSSR count). The Hall–Kier alpha value is -1.79. The van der Waals surface area contributed by atoms with Gasteiger partial charge < -0.3 is 24.6 Å². The molecule has 0 amide bonds. The fourth-order valence-corrected chi connectivity index (χ4v) is 4.14. The Morgan fingerprint density at radius 3 is 2.67 bits per heavy atom. The van der Waals surface area contributed by atoms with E-state index in [9.17, 15) is 0 Å². The van der Waals surface area contributed by atoms with Crippen LogP contribution in [0.5, 0.6) is 0 Å². The zero-order chi connectivity index (χ0) is 21.3. The first-order chi connectivity index (χ1) is 14.6. The molecule has 1 aromatic carbocycles. The highest BCUT2D eigenvalue weighted by molar-refractivity contribution is 5.80. The van der Waals surface area contributed by atoms with Gasteiger partial charge in [0.05, 0.1) is 25.4 Å². The lowest BCUT2D eigenvalue weighted by atomic mass is 10.1. The van der Waals surface area contributed by atoms with Crippen LogP contribution in [0.4, 0.5) is 5.69 Å². The highest BCUT2D eigenvalue weighted by Crippen LogP contribution is 2.20. The van der Waals surface area contributed by atoms with Crippen LogP contribution in [-0.2, 0) is 16.0 Å². The van der Waals surface area contributed by atoms with Crippen molar-refractivity contribution in [2.75, 3.05) is 51.8 Å². The van der Waals surface area contributed by atoms with Crippen LogP contribution in [0.3, 0.4) is 0 Å². The first-order valence-electron chi connectivity index (χ1n) is 11.6. The molecule has 0 aromatic heterocycles. The van der Waals surface area contributed by atoms with Gasteiger partial charge in [-0.2, -0.15) is 0 Å². The second-order valence-corrected chi connectivity index (χ2v) is 8.68. The number of hydrogen-bond donors (Lipinski definition) is 1. The Morgan fingerprint density at radius 1 is 1.23 bits per heavy atom. The van der Waals surface area contributed by atoms with Crippen molar-refractivity contribution in [3.8, 4) is 0 Å². The van der Waals surface area contributed by atoms with E-state index in [0.717, 1.165) is 58.1 Å². The first kappa shape index (κ1) is 22.9. The molecule has 2 heterocycles. The van der Waals surface area contributed by atoms with Gasteiger partial charge in [0.2, 0.25) is 0 Å². The lowest BCUT2D eigenvalue weighted by molar-refractivity contribution is -0.0721. The molecule has 1 N–H and O–H groups in total. The summed E-state index contributed by atoms with van der Waals surface area (Å²) in [6.07, 6.45) is 6.35. The van der Waals surface area contributed by atoms with Gasteiger partial charge in [-0.3, -0.25) is 0 Å². The molecule has 168 valence electrons. The number of nitrogens with zero attached hydrogens (tertiary/aromatic N) is 3. The number of rotatable bonds is 7. The first-order valence-corrected chi connectivity index (χ1v) is 11.6. The summed E-state index contributed by atoms with van der Waals surface area (Å²) >= 11 is 0. The van der Waals surface area contributed by atoms with Crippen molar-refractivity contribution in [3.63, 3.8) is 0 Å². The molecule has 2 fully saturated rings. The molecule has 2 saturated heterocycles. The van der Waals surface area contributed by atoms with Crippen LogP contribution in [0.15, 0.2) is 23.2 Å². The zero-order valence-electron chi connectivity index (χ0n) is 19.3. The normalized spacial score (nSPS) is 21.0. The quantitative estimate of drug-likeness (QED) is 0.544. The summed E-state index contributed by atoms with van der Waals surface area (Å²) in [7, 11) is 4.15. The van der Waals surface area contributed by atoms with E-state index in [4.69, 9.17) is 14.5 Å². The van der Waals surface area contributed by atoms with Crippen LogP contribution in [0.2, 0.25) is 0 Å². The van der Waals surface area contributed by atoms with Gasteiger partial charge in [-0.25, -0.2) is 4.99 Å². The summed E-state index contributed by atoms with van der Waals surface area (Å²) < 4.78 is 12.0. The number of anilines is 1. The number of ether oxygens (including phenoxy) is 2. The second-order valence-electron chi connectivity index (χ2n) is 8.68. The Balaban J connectivity index is 1.51. The summed E-state index contributed by atoms with van der Waals surface area (Å²) in [6, 6.07) is 6.60. The third kappa shape index (κ3) is 6.61. The van der Waals surface area contributed by atoms with Gasteiger partial charge in [0.1, 0.15) is 0 Å². The smallest absolute Gasteiger partial charge is 0.194 e. The number of nitrogens with one attached hydrogen (secondary N) is 1. The van der Waals surface area contributed by atoms with Crippen LogP contribution in [0.1, 0.15) is 50.2 Å². The predicted molar refractivity (Wildman–Crippen MR) is 124 cm³/mol. The van der Waals surface area contributed by atoms with Crippen molar-refractivity contribution < 1.29 is 9.47 Å². The molecule has 6 heteroatoms. The van der Waals surface area contributed by atoms with Gasteiger partial charge in [-0.1, -0.05) is 6.07 Å². The van der Waals surface area contributed by atoms with E-state index in [1.807, 2.05) is 0 Å². The largest absolute Gasteiger partial charge is 0.378 e. The third-order valence-corrected chi connectivity index (χ3v) is 6.11.